The van der Waals surface area contributed by atoms with Gasteiger partial charge in [0.25, 0.3) is 0 Å². The molecular formula is C37H33O4P. The fourth-order valence-electron chi connectivity index (χ4n) is 6.34. The van der Waals surface area contributed by atoms with Crippen LogP contribution in [0, 0.1) is 0 Å². The van der Waals surface area contributed by atoms with E-state index in [1.165, 1.54) is 0 Å². The summed E-state index contributed by atoms with van der Waals surface area (Å²) < 4.78 is 29.0. The number of benzene rings is 5. The predicted molar refractivity (Wildman–Crippen MR) is 166 cm³/mol. The van der Waals surface area contributed by atoms with Crippen molar-refractivity contribution in [1.82, 2.24) is 0 Å². The highest BCUT2D eigenvalue weighted by molar-refractivity contribution is 7.56. The molecule has 0 aromatic heterocycles. The molecule has 2 heterocycles. The molecule has 0 aliphatic carbocycles. The van der Waals surface area contributed by atoms with E-state index < -0.39 is 37.6 Å². The Labute approximate surface area is 248 Å². The molecule has 210 valence electrons. The number of rotatable bonds is 5. The normalized spacial score (nSPS) is 22.6. The Hall–Kier alpha value is -3.63. The standard InChI is InChI=1S/C37H33O4P/c1-35(2)38-33-34(39-35)37(30-22-12-5-13-23-30,31-24-14-6-15-25-31)41-42(32-26-16-7-17-27-32)40-36(33,28-18-8-3-9-19-28)29-20-10-4-11-21-29/h3-27,33-34H,1-2H3/t33-,34-/m1/s1. The first-order valence-electron chi connectivity index (χ1n) is 14.3. The zero-order valence-electron chi connectivity index (χ0n) is 23.7. The molecule has 4 nitrogen and oxygen atoms in total. The molecule has 0 unspecified atom stereocenters. The molecule has 0 radical (unpaired) electrons. The fourth-order valence-corrected chi connectivity index (χ4v) is 8.15. The van der Waals surface area contributed by atoms with Crippen LogP contribution >= 0.6 is 8.38 Å². The summed E-state index contributed by atoms with van der Waals surface area (Å²) in [5.74, 6) is -0.904. The number of fused-ring (bicyclic) bond motifs is 1. The first-order valence-corrected chi connectivity index (χ1v) is 15.5. The summed E-state index contributed by atoms with van der Waals surface area (Å²) in [6.45, 7) is 3.95. The van der Waals surface area contributed by atoms with Gasteiger partial charge in [0, 0.05) is 5.30 Å². The quantitative estimate of drug-likeness (QED) is 0.200. The molecule has 5 heteroatoms. The second-order valence-corrected chi connectivity index (χ2v) is 12.6. The van der Waals surface area contributed by atoms with Gasteiger partial charge in [0.15, 0.2) is 17.0 Å². The van der Waals surface area contributed by atoms with Crippen molar-refractivity contribution in [1.29, 1.82) is 0 Å². The van der Waals surface area contributed by atoms with Crippen molar-refractivity contribution < 1.29 is 18.5 Å². The first-order chi connectivity index (χ1) is 20.5. The van der Waals surface area contributed by atoms with Gasteiger partial charge in [0.2, 0.25) is 8.38 Å². The average Bonchev–Trinajstić information content (AvgIpc) is 3.33. The molecule has 2 aliphatic rings. The molecule has 2 fully saturated rings. The van der Waals surface area contributed by atoms with Crippen LogP contribution in [0.15, 0.2) is 152 Å². The third kappa shape index (κ3) is 4.52. The summed E-state index contributed by atoms with van der Waals surface area (Å²) in [6.07, 6.45) is -1.15. The SMILES string of the molecule is CC1(C)O[C@@H]2[C@@H](O1)C(c1ccccc1)(c1ccccc1)OP(c1ccccc1)OC2(c1ccccc1)c1ccccc1. The van der Waals surface area contributed by atoms with Gasteiger partial charge in [-0.2, -0.15) is 0 Å². The lowest BCUT2D eigenvalue weighted by molar-refractivity contribution is -0.173. The predicted octanol–water partition coefficient (Wildman–Crippen LogP) is 8.08. The number of hydrogen-bond donors (Lipinski definition) is 0. The van der Waals surface area contributed by atoms with Crippen LogP contribution in [0.1, 0.15) is 36.1 Å². The molecule has 0 N–H and O–H groups in total. The van der Waals surface area contributed by atoms with E-state index in [1.54, 1.807) is 0 Å². The van der Waals surface area contributed by atoms with E-state index in [4.69, 9.17) is 18.5 Å². The number of ether oxygens (including phenoxy) is 2. The average molecular weight is 573 g/mol. The fraction of sp³-hybridized carbons (Fsp3) is 0.189. The summed E-state index contributed by atoms with van der Waals surface area (Å²) in [5.41, 5.74) is 1.84. The Kier molecular flexibility index (Phi) is 7.06. The van der Waals surface area contributed by atoms with E-state index in [0.717, 1.165) is 27.6 Å². The van der Waals surface area contributed by atoms with E-state index in [9.17, 15) is 0 Å². The van der Waals surface area contributed by atoms with Gasteiger partial charge in [-0.1, -0.05) is 140 Å². The maximum absolute atomic E-state index is 7.50. The van der Waals surface area contributed by atoms with Crippen LogP contribution in [0.2, 0.25) is 0 Å². The van der Waals surface area contributed by atoms with Gasteiger partial charge in [-0.3, -0.25) is 0 Å². The summed E-state index contributed by atoms with van der Waals surface area (Å²) >= 11 is 0. The molecule has 2 aliphatic heterocycles. The third-order valence-electron chi connectivity index (χ3n) is 8.13. The summed E-state index contributed by atoms with van der Waals surface area (Å²) in [5, 5.41) is 0.971. The molecule has 2 saturated heterocycles. The van der Waals surface area contributed by atoms with E-state index in [1.807, 2.05) is 56.3 Å². The highest BCUT2D eigenvalue weighted by atomic mass is 31.2. The molecule has 5 aromatic carbocycles. The van der Waals surface area contributed by atoms with Gasteiger partial charge in [0.1, 0.15) is 12.2 Å². The van der Waals surface area contributed by atoms with Crippen molar-refractivity contribution in [3.05, 3.63) is 174 Å². The third-order valence-corrected chi connectivity index (χ3v) is 9.76. The summed E-state index contributed by atoms with van der Waals surface area (Å²) in [7, 11) is -1.68. The van der Waals surface area contributed by atoms with E-state index in [0.29, 0.717) is 0 Å². The lowest BCUT2D eigenvalue weighted by Gasteiger charge is -2.41. The monoisotopic (exact) mass is 572 g/mol. The van der Waals surface area contributed by atoms with Crippen molar-refractivity contribution in [2.24, 2.45) is 0 Å². The lowest BCUT2D eigenvalue weighted by Crippen LogP contribution is -2.53. The zero-order chi connectivity index (χ0) is 28.6. The Morgan fingerprint density at radius 1 is 0.429 bits per heavy atom. The van der Waals surface area contributed by atoms with E-state index >= 15 is 0 Å². The molecule has 0 amide bonds. The summed E-state index contributed by atoms with van der Waals surface area (Å²) in [4.78, 5) is 0. The topological polar surface area (TPSA) is 36.9 Å². The van der Waals surface area contributed by atoms with Gasteiger partial charge in [-0.05, 0) is 48.2 Å². The van der Waals surface area contributed by atoms with Crippen molar-refractivity contribution in [3.63, 3.8) is 0 Å². The van der Waals surface area contributed by atoms with Crippen LogP contribution in [0.4, 0.5) is 0 Å². The van der Waals surface area contributed by atoms with Crippen molar-refractivity contribution in [3.8, 4) is 0 Å². The second-order valence-electron chi connectivity index (χ2n) is 11.2. The van der Waals surface area contributed by atoms with Crippen molar-refractivity contribution in [2.45, 2.75) is 43.0 Å². The molecule has 0 saturated carbocycles. The molecule has 7 rings (SSSR count). The number of hydrogen-bond acceptors (Lipinski definition) is 4. The first kappa shape index (κ1) is 27.2. The highest BCUT2D eigenvalue weighted by Crippen LogP contribution is 2.64. The molecule has 5 aromatic rings. The second kappa shape index (κ2) is 10.9. The highest BCUT2D eigenvalue weighted by Gasteiger charge is 2.67. The van der Waals surface area contributed by atoms with Crippen molar-refractivity contribution >= 4 is 13.7 Å². The van der Waals surface area contributed by atoms with Gasteiger partial charge in [0.05, 0.1) is 0 Å². The minimum absolute atomic E-state index is 0.575. The maximum Gasteiger partial charge on any atom is 0.207 e. The molecule has 2 atom stereocenters. The van der Waals surface area contributed by atoms with Crippen molar-refractivity contribution in [2.75, 3.05) is 0 Å². The Balaban J connectivity index is 1.59. The largest absolute Gasteiger partial charge is 0.341 e. The molecule has 0 spiro atoms. The zero-order valence-corrected chi connectivity index (χ0v) is 24.6. The van der Waals surface area contributed by atoms with E-state index in [2.05, 4.69) is 109 Å². The van der Waals surface area contributed by atoms with Crippen LogP contribution in [0.25, 0.3) is 0 Å². The molecule has 0 bridgehead atoms. The van der Waals surface area contributed by atoms with E-state index in [-0.39, 0.29) is 0 Å². The molecular weight excluding hydrogens is 539 g/mol. The molecule has 42 heavy (non-hydrogen) atoms. The van der Waals surface area contributed by atoms with Crippen LogP contribution in [-0.4, -0.2) is 18.0 Å². The van der Waals surface area contributed by atoms with Crippen LogP contribution in [0.3, 0.4) is 0 Å². The van der Waals surface area contributed by atoms with Gasteiger partial charge < -0.3 is 18.5 Å². The maximum atomic E-state index is 7.50. The van der Waals surface area contributed by atoms with Crippen LogP contribution in [0.5, 0.6) is 0 Å². The summed E-state index contributed by atoms with van der Waals surface area (Å²) in [6, 6.07) is 51.8. The Bertz CT molecular complexity index is 1430. The Morgan fingerprint density at radius 2 is 0.714 bits per heavy atom. The minimum atomic E-state index is -1.68. The van der Waals surface area contributed by atoms with Crippen LogP contribution in [-0.2, 0) is 29.7 Å². The Morgan fingerprint density at radius 3 is 1.02 bits per heavy atom. The van der Waals surface area contributed by atoms with Gasteiger partial charge >= 0.3 is 0 Å². The van der Waals surface area contributed by atoms with Gasteiger partial charge in [-0.15, -0.1) is 0 Å². The minimum Gasteiger partial charge on any atom is -0.341 e. The van der Waals surface area contributed by atoms with Crippen LogP contribution < -0.4 is 5.30 Å². The lowest BCUT2D eigenvalue weighted by atomic mass is 9.72. The smallest absolute Gasteiger partial charge is 0.207 e. The van der Waals surface area contributed by atoms with Gasteiger partial charge in [-0.25, -0.2) is 0 Å².